The Labute approximate surface area is 211 Å². The molecule has 3 heterocycles. The minimum Gasteiger partial charge on any atom is -0.390 e. The number of rotatable bonds is 6. The number of nitrogens with one attached hydrogen (secondary N) is 2. The van der Waals surface area contributed by atoms with Gasteiger partial charge in [0, 0.05) is 24.0 Å². The van der Waals surface area contributed by atoms with Gasteiger partial charge in [0.25, 0.3) is 0 Å². The van der Waals surface area contributed by atoms with Gasteiger partial charge in [-0.25, -0.2) is 15.0 Å². The summed E-state index contributed by atoms with van der Waals surface area (Å²) in [6.45, 7) is 3.25. The molecule has 1 fully saturated rings. The van der Waals surface area contributed by atoms with Crippen LogP contribution in [0.1, 0.15) is 26.0 Å². The number of para-hydroxylation sites is 1. The fraction of sp³-hybridized carbons (Fsp3) is 0.320. The fourth-order valence-electron chi connectivity index (χ4n) is 4.45. The molecule has 0 bridgehead atoms. The van der Waals surface area contributed by atoms with E-state index in [1.807, 2.05) is 30.3 Å². The van der Waals surface area contributed by atoms with Crippen LogP contribution in [0, 0.1) is 17.2 Å². The smallest absolute Gasteiger partial charge is 0.229 e. The van der Waals surface area contributed by atoms with Crippen molar-refractivity contribution in [1.29, 1.82) is 5.26 Å². The van der Waals surface area contributed by atoms with Crippen molar-refractivity contribution in [3.8, 4) is 16.6 Å². The van der Waals surface area contributed by atoms with Gasteiger partial charge < -0.3 is 26.0 Å². The zero-order valence-corrected chi connectivity index (χ0v) is 20.4. The lowest BCUT2D eigenvalue weighted by Gasteiger charge is -2.28. The van der Waals surface area contributed by atoms with E-state index in [0.29, 0.717) is 28.5 Å². The van der Waals surface area contributed by atoms with Gasteiger partial charge in [0.05, 0.1) is 33.5 Å². The minimum atomic E-state index is -1.16. The van der Waals surface area contributed by atoms with Crippen LogP contribution in [0.2, 0.25) is 0 Å². The lowest BCUT2D eigenvalue weighted by molar-refractivity contribution is -0.0601. The van der Waals surface area contributed by atoms with Crippen LogP contribution in [-0.4, -0.2) is 59.1 Å². The average Bonchev–Trinajstić information content (AvgIpc) is 3.41. The van der Waals surface area contributed by atoms with Crippen LogP contribution >= 0.6 is 11.3 Å². The van der Waals surface area contributed by atoms with Gasteiger partial charge in [-0.2, -0.15) is 10.2 Å². The summed E-state index contributed by atoms with van der Waals surface area (Å²) in [5.74, 6) is 0.176. The Morgan fingerprint density at radius 1 is 1.11 bits per heavy atom. The molecule has 1 saturated carbocycles. The number of nitriles is 1. The molecule has 184 valence electrons. The molecular formula is C25H25N7O3S. The third kappa shape index (κ3) is 4.72. The van der Waals surface area contributed by atoms with Crippen molar-refractivity contribution in [2.24, 2.45) is 5.92 Å². The maximum Gasteiger partial charge on any atom is 0.229 e. The molecule has 1 aliphatic carbocycles. The molecule has 36 heavy (non-hydrogen) atoms. The highest BCUT2D eigenvalue weighted by atomic mass is 32.1. The first-order chi connectivity index (χ1) is 17.2. The van der Waals surface area contributed by atoms with Gasteiger partial charge in [-0.3, -0.25) is 0 Å². The highest BCUT2D eigenvalue weighted by Gasteiger charge is 2.47. The molecule has 5 N–H and O–H groups in total. The predicted octanol–water partition coefficient (Wildman–Crippen LogP) is 3.06. The quantitative estimate of drug-likeness (QED) is 0.264. The molecule has 5 rings (SSSR count). The number of aliphatic hydroxyl groups excluding tert-OH is 2. The van der Waals surface area contributed by atoms with Gasteiger partial charge in [0.1, 0.15) is 28.7 Å². The zero-order chi connectivity index (χ0) is 25.4. The second-order valence-corrected chi connectivity index (χ2v) is 10.4. The standard InChI is InChI=1S/C25H25N7O3S/c1-25(2,35)16-10-18(21(34)20(16)33)30-22-15(23-31-17-5-3-4-6-19(17)36-23)12-28-24(32-22)29-13-7-8-27-14(9-13)11-26/h3-9,12,16,18,20-21,33-35H,10H2,1-2H3,(H2,27,28,29,30,32)/t16-,18-,20-,21+/m1/s1. The molecule has 0 saturated heterocycles. The van der Waals surface area contributed by atoms with Crippen molar-refractivity contribution in [2.45, 2.75) is 44.1 Å². The van der Waals surface area contributed by atoms with Gasteiger partial charge in [-0.05, 0) is 44.5 Å². The molecule has 4 atom stereocenters. The van der Waals surface area contributed by atoms with Gasteiger partial charge >= 0.3 is 0 Å². The maximum absolute atomic E-state index is 10.8. The van der Waals surface area contributed by atoms with E-state index in [4.69, 9.17) is 10.2 Å². The van der Waals surface area contributed by atoms with Gasteiger partial charge in [-0.15, -0.1) is 11.3 Å². The van der Waals surface area contributed by atoms with Crippen molar-refractivity contribution in [3.63, 3.8) is 0 Å². The van der Waals surface area contributed by atoms with Crippen LogP contribution in [0.5, 0.6) is 0 Å². The summed E-state index contributed by atoms with van der Waals surface area (Å²) in [6, 6.07) is 12.5. The van der Waals surface area contributed by atoms with Crippen LogP contribution in [0.4, 0.5) is 17.5 Å². The number of hydrogen-bond donors (Lipinski definition) is 5. The highest BCUT2D eigenvalue weighted by molar-refractivity contribution is 7.21. The summed E-state index contributed by atoms with van der Waals surface area (Å²) >= 11 is 1.50. The molecule has 0 unspecified atom stereocenters. The maximum atomic E-state index is 10.8. The molecule has 1 aliphatic rings. The molecule has 1 aromatic carbocycles. The Kier molecular flexibility index (Phi) is 6.27. The first kappa shape index (κ1) is 24.0. The first-order valence-electron chi connectivity index (χ1n) is 11.4. The van der Waals surface area contributed by atoms with E-state index < -0.39 is 29.8 Å². The van der Waals surface area contributed by atoms with Gasteiger partial charge in [0.15, 0.2) is 0 Å². The second kappa shape index (κ2) is 9.40. The number of hydrogen-bond acceptors (Lipinski definition) is 11. The summed E-state index contributed by atoms with van der Waals surface area (Å²) in [7, 11) is 0. The molecule has 0 spiro atoms. The van der Waals surface area contributed by atoms with Crippen molar-refractivity contribution in [1.82, 2.24) is 19.9 Å². The number of anilines is 3. The first-order valence-corrected chi connectivity index (χ1v) is 12.3. The third-order valence-corrected chi connectivity index (χ3v) is 7.43. The molecule has 11 heteroatoms. The van der Waals surface area contributed by atoms with E-state index in [0.717, 1.165) is 10.2 Å². The van der Waals surface area contributed by atoms with E-state index in [1.54, 1.807) is 32.2 Å². The number of aliphatic hydroxyl groups is 3. The van der Waals surface area contributed by atoms with Crippen molar-refractivity contribution >= 4 is 39.0 Å². The number of nitrogens with zero attached hydrogens (tertiary/aromatic N) is 5. The Morgan fingerprint density at radius 3 is 2.64 bits per heavy atom. The molecule has 0 amide bonds. The van der Waals surface area contributed by atoms with Gasteiger partial charge in [0.2, 0.25) is 5.95 Å². The summed E-state index contributed by atoms with van der Waals surface area (Å²) in [6.07, 6.45) is 1.31. The topological polar surface area (TPSA) is 160 Å². The summed E-state index contributed by atoms with van der Waals surface area (Å²) in [5, 5.41) is 48.0. The van der Waals surface area contributed by atoms with E-state index >= 15 is 0 Å². The Balaban J connectivity index is 1.52. The SMILES string of the molecule is CC(C)(O)[C@@H]1C[C@@H](Nc2nc(Nc3ccnc(C#N)c3)ncc2-c2nc3ccccc3s2)[C@H](O)[C@@H]1O. The summed E-state index contributed by atoms with van der Waals surface area (Å²) in [4.78, 5) is 17.8. The molecule has 3 aromatic heterocycles. The summed E-state index contributed by atoms with van der Waals surface area (Å²) in [5.41, 5.74) is 1.18. The van der Waals surface area contributed by atoms with Gasteiger partial charge in [-0.1, -0.05) is 12.1 Å². The zero-order valence-electron chi connectivity index (χ0n) is 19.6. The normalized spacial score (nSPS) is 21.9. The molecular weight excluding hydrogens is 478 g/mol. The Morgan fingerprint density at radius 2 is 1.92 bits per heavy atom. The predicted molar refractivity (Wildman–Crippen MR) is 137 cm³/mol. The Hall–Kier alpha value is -3.69. The lowest BCUT2D eigenvalue weighted by Crippen LogP contribution is -2.40. The van der Waals surface area contributed by atoms with Crippen LogP contribution in [0.25, 0.3) is 20.8 Å². The van der Waals surface area contributed by atoms with Crippen LogP contribution in [-0.2, 0) is 0 Å². The lowest BCUT2D eigenvalue weighted by atomic mass is 9.88. The number of thiazole rings is 1. The number of fused-ring (bicyclic) bond motifs is 1. The van der Waals surface area contributed by atoms with E-state index in [9.17, 15) is 15.3 Å². The van der Waals surface area contributed by atoms with Crippen LogP contribution < -0.4 is 10.6 Å². The van der Waals surface area contributed by atoms with Crippen molar-refractivity contribution in [3.05, 3.63) is 54.5 Å². The third-order valence-electron chi connectivity index (χ3n) is 6.36. The average molecular weight is 504 g/mol. The molecule has 10 nitrogen and oxygen atoms in total. The second-order valence-electron chi connectivity index (χ2n) is 9.34. The largest absolute Gasteiger partial charge is 0.390 e. The number of pyridine rings is 1. The molecule has 0 radical (unpaired) electrons. The van der Waals surface area contributed by atoms with E-state index in [1.165, 1.54) is 17.5 Å². The monoisotopic (exact) mass is 503 g/mol. The summed E-state index contributed by atoms with van der Waals surface area (Å²) < 4.78 is 1.01. The van der Waals surface area contributed by atoms with Crippen molar-refractivity contribution in [2.75, 3.05) is 10.6 Å². The minimum absolute atomic E-state index is 0.255. The number of benzene rings is 1. The van der Waals surface area contributed by atoms with Crippen molar-refractivity contribution < 1.29 is 15.3 Å². The van der Waals surface area contributed by atoms with E-state index in [2.05, 4.69) is 25.6 Å². The van der Waals surface area contributed by atoms with Crippen LogP contribution in [0.3, 0.4) is 0 Å². The highest BCUT2D eigenvalue weighted by Crippen LogP contribution is 2.39. The van der Waals surface area contributed by atoms with Crippen LogP contribution in [0.15, 0.2) is 48.8 Å². The number of aromatic nitrogens is 4. The van der Waals surface area contributed by atoms with E-state index in [-0.39, 0.29) is 11.6 Å². The molecule has 0 aliphatic heterocycles. The Bertz CT molecular complexity index is 1410. The molecule has 4 aromatic rings. The fourth-order valence-corrected chi connectivity index (χ4v) is 5.43.